The quantitative estimate of drug-likeness (QED) is 0.443. The van der Waals surface area contributed by atoms with Gasteiger partial charge >= 0.3 is 13.1 Å². The molecule has 0 N–H and O–H groups in total. The van der Waals surface area contributed by atoms with Gasteiger partial charge < -0.3 is 14.0 Å². The van der Waals surface area contributed by atoms with Gasteiger partial charge in [-0.05, 0) is 39.6 Å². The first-order chi connectivity index (χ1) is 9.64. The molecule has 1 saturated heterocycles. The number of hydrogen-bond donors (Lipinski definition) is 0. The molecule has 0 saturated carbocycles. The van der Waals surface area contributed by atoms with Crippen LogP contribution in [0.4, 0.5) is 0 Å². The number of allylic oxidation sites excluding steroid dienone is 1. The lowest BCUT2D eigenvalue weighted by molar-refractivity contribution is -0.140. The molecule has 21 heavy (non-hydrogen) atoms. The second kappa shape index (κ2) is 6.63. The molecule has 1 rings (SSSR count). The molecule has 6 heteroatoms. The number of carbonyl (C=O) groups is 1. The molecule has 0 atom stereocenters. The number of nitriles is 1. The first-order valence-corrected chi connectivity index (χ1v) is 7.25. The van der Waals surface area contributed by atoms with Crippen molar-refractivity contribution in [3.05, 3.63) is 11.0 Å². The van der Waals surface area contributed by atoms with Gasteiger partial charge in [-0.2, -0.15) is 5.26 Å². The van der Waals surface area contributed by atoms with E-state index in [1.165, 1.54) is 6.92 Å². The van der Waals surface area contributed by atoms with E-state index in [1.807, 2.05) is 34.6 Å². The Hall–Kier alpha value is -1.32. The van der Waals surface area contributed by atoms with Crippen molar-refractivity contribution in [3.63, 3.8) is 0 Å². The van der Waals surface area contributed by atoms with Gasteiger partial charge in [0.1, 0.15) is 0 Å². The molecule has 0 bridgehead atoms. The van der Waals surface area contributed by atoms with E-state index < -0.39 is 18.3 Å². The summed E-state index contributed by atoms with van der Waals surface area (Å²) in [5.41, 5.74) is 0.470. The normalized spacial score (nSPS) is 20.7. The summed E-state index contributed by atoms with van der Waals surface area (Å²) < 4.78 is 17.0. The van der Waals surface area contributed by atoms with Crippen molar-refractivity contribution in [2.45, 2.75) is 65.6 Å². The van der Waals surface area contributed by atoms with Gasteiger partial charge in [0, 0.05) is 18.9 Å². The fourth-order valence-electron chi connectivity index (χ4n) is 2.08. The Morgan fingerprint density at radius 1 is 1.24 bits per heavy atom. The van der Waals surface area contributed by atoms with Crippen molar-refractivity contribution >= 4 is 13.1 Å². The Morgan fingerprint density at radius 2 is 1.76 bits per heavy atom. The highest BCUT2D eigenvalue weighted by atomic mass is 16.7. The van der Waals surface area contributed by atoms with Gasteiger partial charge in [0.2, 0.25) is 0 Å². The molecule has 0 aliphatic carbocycles. The van der Waals surface area contributed by atoms with E-state index in [4.69, 9.17) is 14.0 Å². The lowest BCUT2D eigenvalue weighted by Gasteiger charge is -2.32. The van der Waals surface area contributed by atoms with Crippen LogP contribution >= 0.6 is 0 Å². The first kappa shape index (κ1) is 17.7. The fraction of sp³-hybridized carbons (Fsp3) is 0.733. The van der Waals surface area contributed by atoms with E-state index in [0.717, 1.165) is 5.47 Å². The third kappa shape index (κ3) is 4.08. The summed E-state index contributed by atoms with van der Waals surface area (Å²) in [6.45, 7) is 11.4. The maximum atomic E-state index is 10.9. The van der Waals surface area contributed by atoms with E-state index in [1.54, 1.807) is 0 Å². The average molecular weight is 293 g/mol. The van der Waals surface area contributed by atoms with Gasteiger partial charge in [-0.15, -0.1) is 0 Å². The van der Waals surface area contributed by atoms with Crippen molar-refractivity contribution in [2.24, 2.45) is 0 Å². The van der Waals surface area contributed by atoms with Crippen LogP contribution in [0.2, 0.25) is 0 Å². The Bertz CT molecular complexity index is 461. The zero-order chi connectivity index (χ0) is 16.3. The third-order valence-corrected chi connectivity index (χ3v) is 4.09. The standard InChI is InChI=1S/C15H24BNO4/c1-7-12(10-17)13(8-9-19-11(2)18)16-20-14(3,4)15(5,6)21-16/h7-9H2,1-6H3/b13-12-. The second-order valence-electron chi connectivity index (χ2n) is 6.15. The lowest BCUT2D eigenvalue weighted by atomic mass is 9.73. The zero-order valence-corrected chi connectivity index (χ0v) is 13.8. The van der Waals surface area contributed by atoms with E-state index >= 15 is 0 Å². The minimum atomic E-state index is -0.569. The summed E-state index contributed by atoms with van der Waals surface area (Å²) in [5, 5.41) is 9.30. The average Bonchev–Trinajstić information content (AvgIpc) is 2.57. The Kier molecular flexibility index (Phi) is 5.60. The Morgan fingerprint density at radius 3 is 2.14 bits per heavy atom. The van der Waals surface area contributed by atoms with E-state index in [0.29, 0.717) is 18.4 Å². The van der Waals surface area contributed by atoms with Crippen LogP contribution < -0.4 is 0 Å². The van der Waals surface area contributed by atoms with Crippen LogP contribution in [0.3, 0.4) is 0 Å². The summed E-state index contributed by atoms with van der Waals surface area (Å²) in [5.74, 6) is -0.335. The smallest absolute Gasteiger partial charge is 0.466 e. The summed E-state index contributed by atoms with van der Waals surface area (Å²) in [4.78, 5) is 10.9. The molecule has 0 aromatic rings. The molecular formula is C15H24BNO4. The SMILES string of the molecule is CC/C(C#N)=C(\CCOC(C)=O)B1OC(C)(C)C(C)(C)O1. The fourth-order valence-corrected chi connectivity index (χ4v) is 2.08. The molecule has 0 aromatic heterocycles. The van der Waals surface area contributed by atoms with Gasteiger partial charge in [-0.3, -0.25) is 4.79 Å². The highest BCUT2D eigenvalue weighted by Crippen LogP contribution is 2.39. The van der Waals surface area contributed by atoms with Gasteiger partial charge in [0.25, 0.3) is 0 Å². The molecule has 1 aliphatic rings. The maximum absolute atomic E-state index is 10.9. The van der Waals surface area contributed by atoms with Crippen molar-refractivity contribution < 1.29 is 18.8 Å². The van der Waals surface area contributed by atoms with Crippen LogP contribution in [-0.4, -0.2) is 30.9 Å². The minimum Gasteiger partial charge on any atom is -0.466 e. The van der Waals surface area contributed by atoms with Gasteiger partial charge in [-0.1, -0.05) is 6.92 Å². The van der Waals surface area contributed by atoms with Crippen LogP contribution in [-0.2, 0) is 18.8 Å². The number of nitrogens with zero attached hydrogens (tertiary/aromatic N) is 1. The molecule has 0 aromatic carbocycles. The second-order valence-corrected chi connectivity index (χ2v) is 6.15. The summed E-state index contributed by atoms with van der Waals surface area (Å²) in [7, 11) is -0.569. The minimum absolute atomic E-state index is 0.222. The highest BCUT2D eigenvalue weighted by Gasteiger charge is 2.52. The van der Waals surface area contributed by atoms with Gasteiger partial charge in [0.05, 0.1) is 23.9 Å². The molecule has 0 amide bonds. The number of carbonyl (C=O) groups excluding carboxylic acids is 1. The summed E-state index contributed by atoms with van der Waals surface area (Å²) in [6, 6.07) is 2.20. The van der Waals surface area contributed by atoms with E-state index in [-0.39, 0.29) is 12.6 Å². The molecule has 0 spiro atoms. The topological polar surface area (TPSA) is 68.5 Å². The van der Waals surface area contributed by atoms with Crippen LogP contribution in [0.1, 0.15) is 54.4 Å². The molecule has 1 fully saturated rings. The van der Waals surface area contributed by atoms with Crippen LogP contribution in [0.15, 0.2) is 11.0 Å². The van der Waals surface area contributed by atoms with Crippen LogP contribution in [0.25, 0.3) is 0 Å². The molecule has 1 aliphatic heterocycles. The highest BCUT2D eigenvalue weighted by molar-refractivity contribution is 6.55. The Labute approximate surface area is 127 Å². The van der Waals surface area contributed by atoms with Crippen molar-refractivity contribution in [3.8, 4) is 6.07 Å². The summed E-state index contributed by atoms with van der Waals surface area (Å²) >= 11 is 0. The molecular weight excluding hydrogens is 269 g/mol. The van der Waals surface area contributed by atoms with E-state index in [9.17, 15) is 10.1 Å². The van der Waals surface area contributed by atoms with Crippen molar-refractivity contribution in [1.29, 1.82) is 5.26 Å². The molecule has 5 nitrogen and oxygen atoms in total. The van der Waals surface area contributed by atoms with E-state index in [2.05, 4.69) is 6.07 Å². The predicted octanol–water partition coefficient (Wildman–Crippen LogP) is 2.80. The van der Waals surface area contributed by atoms with Gasteiger partial charge in [-0.25, -0.2) is 0 Å². The maximum Gasteiger partial charge on any atom is 0.491 e. The third-order valence-electron chi connectivity index (χ3n) is 4.09. The lowest BCUT2D eigenvalue weighted by Crippen LogP contribution is -2.41. The number of rotatable bonds is 5. The first-order valence-electron chi connectivity index (χ1n) is 7.25. The number of hydrogen-bond acceptors (Lipinski definition) is 5. The monoisotopic (exact) mass is 293 g/mol. The zero-order valence-electron chi connectivity index (χ0n) is 13.8. The molecule has 1 heterocycles. The molecule has 116 valence electrons. The number of ether oxygens (including phenoxy) is 1. The largest absolute Gasteiger partial charge is 0.491 e. The van der Waals surface area contributed by atoms with Crippen LogP contribution in [0.5, 0.6) is 0 Å². The van der Waals surface area contributed by atoms with Crippen LogP contribution in [0, 0.1) is 11.3 Å². The van der Waals surface area contributed by atoms with Crippen molar-refractivity contribution in [2.75, 3.05) is 6.61 Å². The molecule has 0 unspecified atom stereocenters. The summed E-state index contributed by atoms with van der Waals surface area (Å²) in [6.07, 6.45) is 1.03. The van der Waals surface area contributed by atoms with Crippen molar-refractivity contribution in [1.82, 2.24) is 0 Å². The van der Waals surface area contributed by atoms with Gasteiger partial charge in [0.15, 0.2) is 0 Å². The Balaban J connectivity index is 2.97. The number of esters is 1. The predicted molar refractivity (Wildman–Crippen MR) is 80.3 cm³/mol. The molecule has 0 radical (unpaired) electrons.